The summed E-state index contributed by atoms with van der Waals surface area (Å²) >= 11 is 0. The molecule has 0 saturated carbocycles. The Balaban J connectivity index is 1.69. The maximum Gasteiger partial charge on any atom is 0.416 e. The number of hydrogen-bond acceptors (Lipinski definition) is 3. The highest BCUT2D eigenvalue weighted by Crippen LogP contribution is 2.42. The van der Waals surface area contributed by atoms with Crippen LogP contribution in [0.25, 0.3) is 0 Å². The number of carbonyl (C=O) groups excluding carboxylic acids is 1. The fourth-order valence-electron chi connectivity index (χ4n) is 4.00. The first kappa shape index (κ1) is 24.8. The highest BCUT2D eigenvalue weighted by molar-refractivity contribution is 7.92. The predicted octanol–water partition coefficient (Wildman–Crippen LogP) is 4.73. The zero-order chi connectivity index (χ0) is 24.6. The van der Waals surface area contributed by atoms with Crippen molar-refractivity contribution in [3.8, 4) is 0 Å². The molecule has 0 heterocycles. The lowest BCUT2D eigenvalue weighted by Gasteiger charge is -2.37. The van der Waals surface area contributed by atoms with E-state index in [0.29, 0.717) is 29.5 Å². The number of fused-ring (bicyclic) bond motifs is 1. The summed E-state index contributed by atoms with van der Waals surface area (Å²) in [5, 5.41) is 5.40. The van der Waals surface area contributed by atoms with E-state index in [0.717, 1.165) is 24.5 Å². The van der Waals surface area contributed by atoms with Crippen LogP contribution >= 0.6 is 0 Å². The molecule has 0 radical (unpaired) electrons. The van der Waals surface area contributed by atoms with Gasteiger partial charge in [0, 0.05) is 6.54 Å². The summed E-state index contributed by atoms with van der Waals surface area (Å²) in [7, 11) is -3.63. The number of sulfonamides is 1. The summed E-state index contributed by atoms with van der Waals surface area (Å²) in [6.07, 6.45) is -2.54. The molecule has 0 aliphatic heterocycles. The molecular formula is C22H25F4N3O3S. The van der Waals surface area contributed by atoms with Crippen molar-refractivity contribution in [2.75, 3.05) is 11.0 Å². The van der Waals surface area contributed by atoms with E-state index in [1.165, 1.54) is 18.2 Å². The Hall–Kier alpha value is -2.82. The van der Waals surface area contributed by atoms with Gasteiger partial charge in [0.1, 0.15) is 5.82 Å². The molecule has 11 heteroatoms. The Morgan fingerprint density at radius 1 is 1.15 bits per heavy atom. The summed E-state index contributed by atoms with van der Waals surface area (Å²) < 4.78 is 78.0. The second-order valence-corrected chi connectivity index (χ2v) is 10.8. The fourth-order valence-corrected chi connectivity index (χ4v) is 4.56. The third kappa shape index (κ3) is 6.59. The van der Waals surface area contributed by atoms with Crippen LogP contribution in [0, 0.1) is 11.2 Å². The number of halogens is 4. The molecule has 3 N–H and O–H groups in total. The van der Waals surface area contributed by atoms with E-state index in [2.05, 4.69) is 15.4 Å². The van der Waals surface area contributed by atoms with Gasteiger partial charge in [0.15, 0.2) is 0 Å². The van der Waals surface area contributed by atoms with E-state index in [4.69, 9.17) is 0 Å². The molecule has 6 nitrogen and oxygen atoms in total. The first-order chi connectivity index (χ1) is 15.1. The minimum atomic E-state index is -4.45. The van der Waals surface area contributed by atoms with Crippen LogP contribution in [0.5, 0.6) is 0 Å². The van der Waals surface area contributed by atoms with Crippen LogP contribution in [-0.4, -0.2) is 20.7 Å². The van der Waals surface area contributed by atoms with Crippen molar-refractivity contribution >= 4 is 21.7 Å². The van der Waals surface area contributed by atoms with Crippen molar-refractivity contribution in [2.45, 2.75) is 45.5 Å². The van der Waals surface area contributed by atoms with Crippen LogP contribution in [0.1, 0.15) is 48.6 Å². The lowest BCUT2D eigenvalue weighted by atomic mass is 9.71. The van der Waals surface area contributed by atoms with E-state index < -0.39 is 39.7 Å². The zero-order valence-corrected chi connectivity index (χ0v) is 19.1. The first-order valence-electron chi connectivity index (χ1n) is 10.1. The van der Waals surface area contributed by atoms with E-state index in [1.807, 2.05) is 13.8 Å². The Labute approximate surface area is 189 Å². The summed E-state index contributed by atoms with van der Waals surface area (Å²) in [5.74, 6) is -0.788. The predicted molar refractivity (Wildman–Crippen MR) is 117 cm³/mol. The van der Waals surface area contributed by atoms with Gasteiger partial charge < -0.3 is 10.6 Å². The summed E-state index contributed by atoms with van der Waals surface area (Å²) in [6.45, 7) is 3.83. The fraction of sp³-hybridized carbons (Fsp3) is 0.409. The number of benzene rings is 2. The highest BCUT2D eigenvalue weighted by atomic mass is 32.2. The monoisotopic (exact) mass is 487 g/mol. The normalized spacial score (nSPS) is 17.7. The lowest BCUT2D eigenvalue weighted by molar-refractivity contribution is -0.137. The summed E-state index contributed by atoms with van der Waals surface area (Å²) in [4.78, 5) is 12.5. The molecule has 2 aromatic carbocycles. The number of rotatable bonds is 5. The Morgan fingerprint density at radius 2 is 1.85 bits per heavy atom. The molecule has 0 aromatic heterocycles. The van der Waals surface area contributed by atoms with Crippen LogP contribution in [0.2, 0.25) is 0 Å². The van der Waals surface area contributed by atoms with E-state index in [-0.39, 0.29) is 17.6 Å². The molecule has 0 bridgehead atoms. The van der Waals surface area contributed by atoms with Gasteiger partial charge in [0.05, 0.1) is 23.5 Å². The van der Waals surface area contributed by atoms with Crippen molar-refractivity contribution in [3.05, 3.63) is 64.5 Å². The summed E-state index contributed by atoms with van der Waals surface area (Å²) in [6, 6.07) is 6.34. The maximum atomic E-state index is 14.1. The molecule has 0 saturated heterocycles. The number of amides is 2. The number of alkyl halides is 3. The Morgan fingerprint density at radius 3 is 2.45 bits per heavy atom. The van der Waals surface area contributed by atoms with Gasteiger partial charge in [-0.15, -0.1) is 0 Å². The van der Waals surface area contributed by atoms with Crippen LogP contribution < -0.4 is 15.4 Å². The molecule has 3 rings (SSSR count). The van der Waals surface area contributed by atoms with Crippen LogP contribution in [0.3, 0.4) is 0 Å². The molecule has 2 amide bonds. The third-order valence-electron chi connectivity index (χ3n) is 5.36. The van der Waals surface area contributed by atoms with Gasteiger partial charge in [0.25, 0.3) is 0 Å². The second-order valence-electron chi connectivity index (χ2n) is 9.02. The van der Waals surface area contributed by atoms with Crippen molar-refractivity contribution < 1.29 is 30.8 Å². The molecule has 1 aliphatic rings. The minimum Gasteiger partial charge on any atom is -0.334 e. The van der Waals surface area contributed by atoms with E-state index in [9.17, 15) is 30.8 Å². The van der Waals surface area contributed by atoms with E-state index in [1.54, 1.807) is 0 Å². The largest absolute Gasteiger partial charge is 0.416 e. The minimum absolute atomic E-state index is 0.0299. The molecule has 0 spiro atoms. The molecule has 2 aromatic rings. The average molecular weight is 488 g/mol. The van der Waals surface area contributed by atoms with Gasteiger partial charge in [0.2, 0.25) is 10.0 Å². The summed E-state index contributed by atoms with van der Waals surface area (Å²) in [5.41, 5.74) is 0.340. The van der Waals surface area contributed by atoms with Crippen molar-refractivity contribution in [1.29, 1.82) is 0 Å². The molecule has 1 aliphatic carbocycles. The van der Waals surface area contributed by atoms with Gasteiger partial charge in [-0.25, -0.2) is 17.6 Å². The number of nitrogens with one attached hydrogen (secondary N) is 3. The Bertz CT molecular complexity index is 1160. The topological polar surface area (TPSA) is 87.3 Å². The zero-order valence-electron chi connectivity index (χ0n) is 18.3. The quantitative estimate of drug-likeness (QED) is 0.533. The number of urea groups is 1. The van der Waals surface area contributed by atoms with Crippen molar-refractivity contribution in [1.82, 2.24) is 10.6 Å². The molecule has 33 heavy (non-hydrogen) atoms. The molecule has 1 atom stereocenters. The average Bonchev–Trinajstić information content (AvgIpc) is 2.65. The molecule has 0 fully saturated rings. The van der Waals surface area contributed by atoms with Crippen LogP contribution in [0.4, 0.5) is 28.0 Å². The van der Waals surface area contributed by atoms with Crippen LogP contribution in [0.15, 0.2) is 36.4 Å². The Kier molecular flexibility index (Phi) is 6.65. The SMILES string of the molecule is CC1(C)Cc2cc(C(F)(F)F)ccc2[C@H](NC(=O)NCc2ccc(NS(C)(=O)=O)c(F)c2)C1. The van der Waals surface area contributed by atoms with Crippen molar-refractivity contribution in [3.63, 3.8) is 0 Å². The molecule has 0 unspecified atom stereocenters. The third-order valence-corrected chi connectivity index (χ3v) is 5.95. The molecule has 180 valence electrons. The van der Waals surface area contributed by atoms with Gasteiger partial charge >= 0.3 is 12.2 Å². The number of carbonyl (C=O) groups is 1. The van der Waals surface area contributed by atoms with Gasteiger partial charge in [-0.05, 0) is 59.2 Å². The lowest BCUT2D eigenvalue weighted by Crippen LogP contribution is -2.41. The standard InChI is InChI=1S/C22H25F4N3O3S/c1-21(2)10-14-9-15(22(24,25)26)5-6-16(14)19(11-21)28-20(30)27-12-13-4-7-18(17(23)8-13)29-33(3,31)32/h4-9,19,29H,10-12H2,1-3H3,(H2,27,28,30)/t19-/m1/s1. The van der Waals surface area contributed by atoms with E-state index >= 15 is 0 Å². The van der Waals surface area contributed by atoms with Gasteiger partial charge in [-0.3, -0.25) is 4.72 Å². The number of hydrogen-bond donors (Lipinski definition) is 3. The number of anilines is 1. The molecular weight excluding hydrogens is 462 g/mol. The smallest absolute Gasteiger partial charge is 0.334 e. The van der Waals surface area contributed by atoms with Crippen LogP contribution in [-0.2, 0) is 29.2 Å². The van der Waals surface area contributed by atoms with Gasteiger partial charge in [-0.1, -0.05) is 26.0 Å². The van der Waals surface area contributed by atoms with Crippen molar-refractivity contribution in [2.24, 2.45) is 5.41 Å². The van der Waals surface area contributed by atoms with Gasteiger partial charge in [-0.2, -0.15) is 13.2 Å². The second kappa shape index (κ2) is 8.85. The maximum absolute atomic E-state index is 14.1. The first-order valence-corrected chi connectivity index (χ1v) is 12.0. The highest BCUT2D eigenvalue weighted by Gasteiger charge is 2.36.